The lowest BCUT2D eigenvalue weighted by molar-refractivity contribution is -0.125. The third kappa shape index (κ3) is 6.00. The standard InChI is InChI=1S/C24H35N5O3/c30-22-17-29(24(32)26-15-18-7-3-1-4-8-18)16-20-13-19(14-21(20)27-22)23(31)25-9-12-28-10-5-2-6-11-28/h1,3-4,7-8,19-21H,2,5-6,9-17H2,(H,25,31)(H,26,32)(H,27,30)/t19-,20+,21+/m0/s1. The lowest BCUT2D eigenvalue weighted by Gasteiger charge is -2.26. The summed E-state index contributed by atoms with van der Waals surface area (Å²) in [5.41, 5.74) is 1.01. The van der Waals surface area contributed by atoms with Crippen LogP contribution >= 0.6 is 0 Å². The molecule has 1 aliphatic carbocycles. The summed E-state index contributed by atoms with van der Waals surface area (Å²) < 4.78 is 0. The Labute approximate surface area is 190 Å². The second-order valence-electron chi connectivity index (χ2n) is 9.32. The third-order valence-electron chi connectivity index (χ3n) is 6.95. The van der Waals surface area contributed by atoms with Gasteiger partial charge in [0.15, 0.2) is 0 Å². The fourth-order valence-corrected chi connectivity index (χ4v) is 5.20. The molecule has 1 aromatic carbocycles. The molecular weight excluding hydrogens is 406 g/mol. The van der Waals surface area contributed by atoms with Gasteiger partial charge in [-0.3, -0.25) is 9.59 Å². The number of urea groups is 1. The van der Waals surface area contributed by atoms with Gasteiger partial charge < -0.3 is 25.8 Å². The fourth-order valence-electron chi connectivity index (χ4n) is 5.20. The van der Waals surface area contributed by atoms with Crippen LogP contribution in [0, 0.1) is 11.8 Å². The summed E-state index contributed by atoms with van der Waals surface area (Å²) in [4.78, 5) is 41.8. The predicted molar refractivity (Wildman–Crippen MR) is 122 cm³/mol. The Morgan fingerprint density at radius 1 is 1.03 bits per heavy atom. The van der Waals surface area contributed by atoms with Crippen LogP contribution < -0.4 is 16.0 Å². The monoisotopic (exact) mass is 441 g/mol. The molecule has 3 fully saturated rings. The van der Waals surface area contributed by atoms with Crippen molar-refractivity contribution in [2.45, 2.75) is 44.7 Å². The molecule has 1 aromatic rings. The van der Waals surface area contributed by atoms with Crippen molar-refractivity contribution in [2.24, 2.45) is 11.8 Å². The van der Waals surface area contributed by atoms with E-state index in [9.17, 15) is 14.4 Å². The summed E-state index contributed by atoms with van der Waals surface area (Å²) >= 11 is 0. The van der Waals surface area contributed by atoms with Gasteiger partial charge in [-0.1, -0.05) is 36.8 Å². The Bertz CT molecular complexity index is 796. The lowest BCUT2D eigenvalue weighted by atomic mass is 10.0. The summed E-state index contributed by atoms with van der Waals surface area (Å²) in [6.07, 6.45) is 5.14. The molecule has 2 saturated heterocycles. The Kier molecular flexibility index (Phi) is 7.63. The molecule has 3 aliphatic rings. The maximum atomic E-state index is 12.7. The van der Waals surface area contributed by atoms with Crippen LogP contribution in [0.15, 0.2) is 30.3 Å². The second kappa shape index (κ2) is 10.8. The number of amides is 4. The predicted octanol–water partition coefficient (Wildman–Crippen LogP) is 1.32. The van der Waals surface area contributed by atoms with Gasteiger partial charge in [0, 0.05) is 38.1 Å². The van der Waals surface area contributed by atoms with E-state index >= 15 is 0 Å². The normalized spacial score (nSPS) is 26.1. The Morgan fingerprint density at radius 3 is 2.59 bits per heavy atom. The van der Waals surface area contributed by atoms with Crippen molar-refractivity contribution in [3.05, 3.63) is 35.9 Å². The van der Waals surface area contributed by atoms with Crippen LogP contribution in [0.3, 0.4) is 0 Å². The molecule has 8 nitrogen and oxygen atoms in total. The fraction of sp³-hybridized carbons (Fsp3) is 0.625. The Hall–Kier alpha value is -2.61. The number of fused-ring (bicyclic) bond motifs is 1. The van der Waals surface area contributed by atoms with Crippen molar-refractivity contribution in [2.75, 3.05) is 39.3 Å². The second-order valence-corrected chi connectivity index (χ2v) is 9.32. The van der Waals surface area contributed by atoms with Crippen molar-refractivity contribution in [1.29, 1.82) is 0 Å². The highest BCUT2D eigenvalue weighted by molar-refractivity contribution is 5.85. The third-order valence-corrected chi connectivity index (χ3v) is 6.95. The number of piperidine rings is 1. The van der Waals surface area contributed by atoms with Gasteiger partial charge in [-0.25, -0.2) is 4.79 Å². The number of nitrogens with zero attached hydrogens (tertiary/aromatic N) is 2. The molecule has 174 valence electrons. The van der Waals surface area contributed by atoms with E-state index in [2.05, 4.69) is 20.9 Å². The van der Waals surface area contributed by atoms with Gasteiger partial charge >= 0.3 is 6.03 Å². The quantitative estimate of drug-likeness (QED) is 0.621. The first kappa shape index (κ1) is 22.6. The summed E-state index contributed by atoms with van der Waals surface area (Å²) in [5.74, 6) is -0.0938. The van der Waals surface area contributed by atoms with Crippen molar-refractivity contribution in [1.82, 2.24) is 25.8 Å². The number of hydrogen-bond acceptors (Lipinski definition) is 4. The largest absolute Gasteiger partial charge is 0.355 e. The minimum Gasteiger partial charge on any atom is -0.355 e. The highest BCUT2D eigenvalue weighted by Gasteiger charge is 2.42. The molecular formula is C24H35N5O3. The molecule has 2 aliphatic heterocycles. The number of carbonyl (C=O) groups is 3. The first-order chi connectivity index (χ1) is 15.6. The van der Waals surface area contributed by atoms with E-state index < -0.39 is 0 Å². The summed E-state index contributed by atoms with van der Waals surface area (Å²) in [6.45, 7) is 4.79. The average molecular weight is 442 g/mol. The smallest absolute Gasteiger partial charge is 0.318 e. The van der Waals surface area contributed by atoms with Crippen molar-refractivity contribution >= 4 is 17.8 Å². The van der Waals surface area contributed by atoms with E-state index in [4.69, 9.17) is 0 Å². The molecule has 4 amide bonds. The van der Waals surface area contributed by atoms with Gasteiger partial charge in [-0.15, -0.1) is 0 Å². The number of rotatable bonds is 6. The van der Waals surface area contributed by atoms with Crippen LogP contribution in [0.4, 0.5) is 4.79 Å². The van der Waals surface area contributed by atoms with Crippen LogP contribution in [-0.4, -0.2) is 73.0 Å². The van der Waals surface area contributed by atoms with Crippen LogP contribution in [0.1, 0.15) is 37.7 Å². The van der Waals surface area contributed by atoms with Crippen molar-refractivity contribution < 1.29 is 14.4 Å². The molecule has 0 spiro atoms. The van der Waals surface area contributed by atoms with Gasteiger partial charge in [-0.2, -0.15) is 0 Å². The van der Waals surface area contributed by atoms with Gasteiger partial charge in [-0.05, 0) is 50.3 Å². The van der Waals surface area contributed by atoms with Crippen molar-refractivity contribution in [3.63, 3.8) is 0 Å². The molecule has 0 unspecified atom stereocenters. The minimum atomic E-state index is -0.237. The summed E-state index contributed by atoms with van der Waals surface area (Å²) in [6, 6.07) is 9.42. The van der Waals surface area contributed by atoms with Crippen LogP contribution in [-0.2, 0) is 16.1 Å². The van der Waals surface area contributed by atoms with Crippen LogP contribution in [0.5, 0.6) is 0 Å². The van der Waals surface area contributed by atoms with Gasteiger partial charge in [0.05, 0.1) is 0 Å². The maximum Gasteiger partial charge on any atom is 0.318 e. The molecule has 2 heterocycles. The average Bonchev–Trinajstić information content (AvgIpc) is 3.13. The maximum absolute atomic E-state index is 12.7. The minimum absolute atomic E-state index is 0.0488. The summed E-state index contributed by atoms with van der Waals surface area (Å²) in [5, 5.41) is 9.05. The molecule has 3 atom stereocenters. The molecule has 4 rings (SSSR count). The zero-order valence-electron chi connectivity index (χ0n) is 18.7. The number of benzene rings is 1. The lowest BCUT2D eigenvalue weighted by Crippen LogP contribution is -2.44. The molecule has 0 radical (unpaired) electrons. The molecule has 3 N–H and O–H groups in total. The number of hydrogen-bond donors (Lipinski definition) is 3. The zero-order chi connectivity index (χ0) is 22.3. The van der Waals surface area contributed by atoms with E-state index in [1.54, 1.807) is 4.90 Å². The van der Waals surface area contributed by atoms with Gasteiger partial charge in [0.2, 0.25) is 11.8 Å². The van der Waals surface area contributed by atoms with E-state index in [0.717, 1.165) is 25.2 Å². The first-order valence-electron chi connectivity index (χ1n) is 11.9. The van der Waals surface area contributed by atoms with Gasteiger partial charge in [0.25, 0.3) is 0 Å². The van der Waals surface area contributed by atoms with Crippen LogP contribution in [0.25, 0.3) is 0 Å². The molecule has 8 heteroatoms. The molecule has 32 heavy (non-hydrogen) atoms. The Balaban J connectivity index is 1.25. The van der Waals surface area contributed by atoms with Gasteiger partial charge in [0.1, 0.15) is 6.54 Å². The Morgan fingerprint density at radius 2 is 1.81 bits per heavy atom. The molecule has 0 aromatic heterocycles. The number of carbonyl (C=O) groups excluding carboxylic acids is 3. The number of nitrogens with one attached hydrogen (secondary N) is 3. The first-order valence-corrected chi connectivity index (χ1v) is 11.9. The molecule has 0 bridgehead atoms. The highest BCUT2D eigenvalue weighted by Crippen LogP contribution is 2.33. The summed E-state index contributed by atoms with van der Waals surface area (Å²) in [7, 11) is 0. The highest BCUT2D eigenvalue weighted by atomic mass is 16.2. The van der Waals surface area contributed by atoms with Crippen LogP contribution in [0.2, 0.25) is 0 Å². The van der Waals surface area contributed by atoms with Crippen molar-refractivity contribution in [3.8, 4) is 0 Å². The van der Waals surface area contributed by atoms with E-state index in [1.807, 2.05) is 30.3 Å². The molecule has 1 saturated carbocycles. The zero-order valence-corrected chi connectivity index (χ0v) is 18.7. The number of likely N-dealkylation sites (tertiary alicyclic amines) is 1. The van der Waals surface area contributed by atoms with E-state index in [0.29, 0.717) is 32.5 Å². The topological polar surface area (TPSA) is 93.8 Å². The van der Waals surface area contributed by atoms with E-state index in [-0.39, 0.29) is 42.3 Å². The van der Waals surface area contributed by atoms with E-state index in [1.165, 1.54) is 19.3 Å². The SMILES string of the molecule is O=C1CN(C(=O)NCc2ccccc2)C[C@H]2C[C@H](C(=O)NCCN3CCCCC3)C[C@H]2N1.